The molecule has 6 nitrogen and oxygen atoms in total. The molecule has 1 aliphatic carbocycles. The normalized spacial score (nSPS) is 21.9. The smallest absolute Gasteiger partial charge is 0.341 e. The van der Waals surface area contributed by atoms with E-state index < -0.39 is 0 Å². The predicted molar refractivity (Wildman–Crippen MR) is 79.2 cm³/mol. The zero-order valence-electron chi connectivity index (χ0n) is 12.6. The van der Waals surface area contributed by atoms with Crippen molar-refractivity contribution in [3.63, 3.8) is 0 Å². The Balaban J connectivity index is 1.89. The number of nitrogens with one attached hydrogen (secondary N) is 1. The molecule has 1 aliphatic rings. The number of aliphatic hydroxyl groups is 1. The first-order valence-corrected chi connectivity index (χ1v) is 7.52. The van der Waals surface area contributed by atoms with Crippen LogP contribution in [-0.2, 0) is 4.74 Å². The maximum absolute atomic E-state index is 11.7. The van der Waals surface area contributed by atoms with Crippen LogP contribution >= 0.6 is 0 Å². The molecular formula is C15H23N3O3. The maximum Gasteiger partial charge on any atom is 0.341 e. The summed E-state index contributed by atoms with van der Waals surface area (Å²) in [6, 6.07) is 0. The minimum Gasteiger partial charge on any atom is -0.462 e. The van der Waals surface area contributed by atoms with Crippen molar-refractivity contribution in [3.8, 4) is 0 Å². The number of aromatic nitrogens is 2. The van der Waals surface area contributed by atoms with Crippen molar-refractivity contribution >= 4 is 11.9 Å². The van der Waals surface area contributed by atoms with Gasteiger partial charge in [0.15, 0.2) is 0 Å². The summed E-state index contributed by atoms with van der Waals surface area (Å²) in [5.74, 6) is 0.691. The first kappa shape index (κ1) is 15.7. The summed E-state index contributed by atoms with van der Waals surface area (Å²) in [6.45, 7) is 4.68. The van der Waals surface area contributed by atoms with Crippen molar-refractivity contribution in [1.29, 1.82) is 0 Å². The van der Waals surface area contributed by atoms with Gasteiger partial charge >= 0.3 is 5.97 Å². The second kappa shape index (κ2) is 7.36. The van der Waals surface area contributed by atoms with E-state index in [1.54, 1.807) is 13.8 Å². The van der Waals surface area contributed by atoms with Crippen LogP contribution in [0.4, 0.5) is 5.95 Å². The fraction of sp³-hybridized carbons (Fsp3) is 0.667. The van der Waals surface area contributed by atoms with Gasteiger partial charge in [-0.2, -0.15) is 0 Å². The number of carbonyl (C=O) groups excluding carboxylic acids is 1. The van der Waals surface area contributed by atoms with Crippen molar-refractivity contribution in [3.05, 3.63) is 17.5 Å². The van der Waals surface area contributed by atoms with Crippen molar-refractivity contribution in [2.75, 3.05) is 18.5 Å². The Hall–Kier alpha value is -1.69. The number of carbonyl (C=O) groups is 1. The summed E-state index contributed by atoms with van der Waals surface area (Å²) in [5, 5.41) is 12.7. The second-order valence-electron chi connectivity index (χ2n) is 5.47. The topological polar surface area (TPSA) is 84.3 Å². The standard InChI is InChI=1S/C15H23N3O3/c1-3-21-14(20)13-9-17-15(18-10(13)2)16-8-11-4-6-12(19)7-5-11/h9,11-12,19H,3-8H2,1-2H3,(H,16,17,18). The number of hydrogen-bond acceptors (Lipinski definition) is 6. The first-order chi connectivity index (χ1) is 10.1. The minimum atomic E-state index is -0.386. The summed E-state index contributed by atoms with van der Waals surface area (Å²) < 4.78 is 4.95. The van der Waals surface area contributed by atoms with Gasteiger partial charge in [-0.15, -0.1) is 0 Å². The minimum absolute atomic E-state index is 0.136. The maximum atomic E-state index is 11.7. The van der Waals surface area contributed by atoms with E-state index in [1.165, 1.54) is 6.20 Å². The number of esters is 1. The third-order valence-corrected chi connectivity index (χ3v) is 3.84. The van der Waals surface area contributed by atoms with E-state index in [4.69, 9.17) is 4.74 Å². The van der Waals surface area contributed by atoms with Crippen LogP contribution in [0.1, 0.15) is 48.7 Å². The average molecular weight is 293 g/mol. The van der Waals surface area contributed by atoms with Gasteiger partial charge in [0.1, 0.15) is 0 Å². The van der Waals surface area contributed by atoms with Crippen LogP contribution < -0.4 is 5.32 Å². The van der Waals surface area contributed by atoms with Gasteiger partial charge in [-0.25, -0.2) is 14.8 Å². The molecule has 2 rings (SSSR count). The molecule has 0 aliphatic heterocycles. The monoisotopic (exact) mass is 293 g/mol. The molecule has 1 aromatic heterocycles. The van der Waals surface area contributed by atoms with Gasteiger partial charge in [-0.3, -0.25) is 0 Å². The Morgan fingerprint density at radius 3 is 2.76 bits per heavy atom. The van der Waals surface area contributed by atoms with Crippen LogP contribution in [0, 0.1) is 12.8 Å². The number of hydrogen-bond donors (Lipinski definition) is 2. The highest BCUT2D eigenvalue weighted by Crippen LogP contribution is 2.24. The Labute approximate surface area is 124 Å². The number of anilines is 1. The third kappa shape index (κ3) is 4.39. The van der Waals surface area contributed by atoms with Gasteiger partial charge in [0.2, 0.25) is 5.95 Å². The lowest BCUT2D eigenvalue weighted by Gasteiger charge is -2.25. The van der Waals surface area contributed by atoms with E-state index in [9.17, 15) is 9.90 Å². The zero-order chi connectivity index (χ0) is 15.2. The van der Waals surface area contributed by atoms with E-state index in [2.05, 4.69) is 15.3 Å². The second-order valence-corrected chi connectivity index (χ2v) is 5.47. The predicted octanol–water partition coefficient (Wildman–Crippen LogP) is 1.92. The molecule has 0 saturated heterocycles. The number of aliphatic hydroxyl groups excluding tert-OH is 1. The van der Waals surface area contributed by atoms with E-state index in [-0.39, 0.29) is 12.1 Å². The summed E-state index contributed by atoms with van der Waals surface area (Å²) in [4.78, 5) is 20.1. The van der Waals surface area contributed by atoms with E-state index in [0.717, 1.165) is 32.2 Å². The molecule has 6 heteroatoms. The SMILES string of the molecule is CCOC(=O)c1cnc(NCC2CCC(O)CC2)nc1C. The average Bonchev–Trinajstić information content (AvgIpc) is 2.47. The molecule has 21 heavy (non-hydrogen) atoms. The van der Waals surface area contributed by atoms with Gasteiger partial charge in [0.05, 0.1) is 24.0 Å². The van der Waals surface area contributed by atoms with Crippen LogP contribution in [0.15, 0.2) is 6.20 Å². The highest BCUT2D eigenvalue weighted by Gasteiger charge is 2.19. The molecule has 0 atom stereocenters. The zero-order valence-corrected chi connectivity index (χ0v) is 12.6. The number of ether oxygens (including phenoxy) is 1. The number of rotatable bonds is 5. The van der Waals surface area contributed by atoms with E-state index in [0.29, 0.717) is 29.7 Å². The fourth-order valence-corrected chi connectivity index (χ4v) is 2.55. The van der Waals surface area contributed by atoms with Crippen LogP contribution in [0.3, 0.4) is 0 Å². The van der Waals surface area contributed by atoms with Crippen molar-refractivity contribution in [2.24, 2.45) is 5.92 Å². The Kier molecular flexibility index (Phi) is 5.50. The molecular weight excluding hydrogens is 270 g/mol. The quantitative estimate of drug-likeness (QED) is 0.807. The summed E-state index contributed by atoms with van der Waals surface area (Å²) in [7, 11) is 0. The molecule has 0 amide bonds. The van der Waals surface area contributed by atoms with Crippen molar-refractivity contribution in [2.45, 2.75) is 45.6 Å². The van der Waals surface area contributed by atoms with Gasteiger partial charge in [-0.1, -0.05) is 0 Å². The summed E-state index contributed by atoms with van der Waals surface area (Å²) >= 11 is 0. The van der Waals surface area contributed by atoms with Gasteiger partial charge in [0, 0.05) is 12.7 Å². The van der Waals surface area contributed by atoms with Crippen LogP contribution in [0.5, 0.6) is 0 Å². The van der Waals surface area contributed by atoms with Crippen molar-refractivity contribution < 1.29 is 14.6 Å². The number of aryl methyl sites for hydroxylation is 1. The number of nitrogens with zero attached hydrogens (tertiary/aromatic N) is 2. The molecule has 1 aromatic rings. The molecule has 0 spiro atoms. The largest absolute Gasteiger partial charge is 0.462 e. The highest BCUT2D eigenvalue weighted by atomic mass is 16.5. The molecule has 2 N–H and O–H groups in total. The van der Waals surface area contributed by atoms with Gasteiger partial charge in [-0.05, 0) is 45.4 Å². The van der Waals surface area contributed by atoms with E-state index >= 15 is 0 Å². The third-order valence-electron chi connectivity index (χ3n) is 3.84. The molecule has 1 fully saturated rings. The van der Waals surface area contributed by atoms with Gasteiger partial charge < -0.3 is 15.2 Å². The molecule has 0 radical (unpaired) electrons. The molecule has 0 bridgehead atoms. The Morgan fingerprint density at radius 1 is 1.43 bits per heavy atom. The molecule has 1 heterocycles. The lowest BCUT2D eigenvalue weighted by molar-refractivity contribution is 0.0524. The van der Waals surface area contributed by atoms with Crippen LogP contribution in [0.25, 0.3) is 0 Å². The lowest BCUT2D eigenvalue weighted by Crippen LogP contribution is -2.24. The van der Waals surface area contributed by atoms with Crippen LogP contribution in [0.2, 0.25) is 0 Å². The molecule has 116 valence electrons. The Morgan fingerprint density at radius 2 is 2.14 bits per heavy atom. The molecule has 1 saturated carbocycles. The lowest BCUT2D eigenvalue weighted by atomic mass is 9.87. The Bertz CT molecular complexity index is 485. The summed E-state index contributed by atoms with van der Waals surface area (Å²) in [5.41, 5.74) is 1.02. The van der Waals surface area contributed by atoms with Crippen molar-refractivity contribution in [1.82, 2.24) is 9.97 Å². The highest BCUT2D eigenvalue weighted by molar-refractivity contribution is 5.90. The van der Waals surface area contributed by atoms with Gasteiger partial charge in [0.25, 0.3) is 0 Å². The fourth-order valence-electron chi connectivity index (χ4n) is 2.55. The van der Waals surface area contributed by atoms with Crippen LogP contribution in [-0.4, -0.2) is 40.3 Å². The summed E-state index contributed by atoms with van der Waals surface area (Å²) in [6.07, 6.45) is 5.15. The van der Waals surface area contributed by atoms with E-state index in [1.807, 2.05) is 0 Å². The molecule has 0 unspecified atom stereocenters. The first-order valence-electron chi connectivity index (χ1n) is 7.52. The molecule has 0 aromatic carbocycles.